The maximum Gasteiger partial charge on any atom is 0.324 e. The minimum absolute atomic E-state index is 0. The van der Waals surface area contributed by atoms with Crippen LogP contribution in [0.25, 0.3) is 0 Å². The van der Waals surface area contributed by atoms with Gasteiger partial charge in [-0.25, -0.2) is 4.39 Å². The molecule has 0 amide bonds. The van der Waals surface area contributed by atoms with Crippen molar-refractivity contribution in [2.24, 2.45) is 0 Å². The SMILES string of the molecule is Cl.O=[N+]([O-])c1ccc(CN(Cc2ccc(Cl)cc2)Cc2ccccc2F)s1. The van der Waals surface area contributed by atoms with Crippen LogP contribution in [0.5, 0.6) is 0 Å². The highest BCUT2D eigenvalue weighted by atomic mass is 35.5. The lowest BCUT2D eigenvalue weighted by Gasteiger charge is -2.22. The zero-order valence-electron chi connectivity index (χ0n) is 14.2. The fourth-order valence-corrected chi connectivity index (χ4v) is 3.64. The molecule has 8 heteroatoms. The molecule has 3 aromatic rings. The Kier molecular flexibility index (Phi) is 7.74. The summed E-state index contributed by atoms with van der Waals surface area (Å²) in [5, 5.41) is 11.7. The normalized spacial score (nSPS) is 10.6. The molecule has 1 heterocycles. The lowest BCUT2D eigenvalue weighted by Crippen LogP contribution is -2.22. The smallest absolute Gasteiger partial charge is 0.290 e. The number of benzene rings is 2. The summed E-state index contributed by atoms with van der Waals surface area (Å²) in [6.07, 6.45) is 0. The second kappa shape index (κ2) is 9.80. The summed E-state index contributed by atoms with van der Waals surface area (Å²) in [5.41, 5.74) is 1.63. The first kappa shape index (κ1) is 21.3. The molecule has 0 atom stereocenters. The third kappa shape index (κ3) is 6.01. The molecule has 0 saturated carbocycles. The third-order valence-electron chi connectivity index (χ3n) is 3.88. The van der Waals surface area contributed by atoms with Gasteiger partial charge in [-0.15, -0.1) is 12.4 Å². The molecule has 0 aliphatic heterocycles. The number of nitrogens with zero attached hydrogens (tertiary/aromatic N) is 2. The van der Waals surface area contributed by atoms with Crippen LogP contribution in [0.15, 0.2) is 60.7 Å². The van der Waals surface area contributed by atoms with Crippen molar-refractivity contribution in [1.29, 1.82) is 0 Å². The van der Waals surface area contributed by atoms with Crippen LogP contribution in [0.3, 0.4) is 0 Å². The van der Waals surface area contributed by atoms with E-state index in [1.165, 1.54) is 12.1 Å². The van der Waals surface area contributed by atoms with Gasteiger partial charge in [-0.3, -0.25) is 15.0 Å². The summed E-state index contributed by atoms with van der Waals surface area (Å²) in [6.45, 7) is 1.48. The number of hydrogen-bond donors (Lipinski definition) is 0. The molecule has 0 fully saturated rings. The molecular formula is C19H17Cl2FN2O2S. The third-order valence-corrected chi connectivity index (χ3v) is 5.15. The molecule has 0 spiro atoms. The van der Waals surface area contributed by atoms with Crippen molar-refractivity contribution >= 4 is 40.3 Å². The number of rotatable bonds is 7. The summed E-state index contributed by atoms with van der Waals surface area (Å²) in [7, 11) is 0. The van der Waals surface area contributed by atoms with E-state index in [1.54, 1.807) is 24.3 Å². The molecule has 0 bridgehead atoms. The van der Waals surface area contributed by atoms with Crippen LogP contribution in [-0.4, -0.2) is 9.82 Å². The van der Waals surface area contributed by atoms with E-state index in [9.17, 15) is 14.5 Å². The van der Waals surface area contributed by atoms with E-state index in [4.69, 9.17) is 11.6 Å². The first-order valence-electron chi connectivity index (χ1n) is 7.94. The molecule has 0 saturated heterocycles. The first-order valence-corrected chi connectivity index (χ1v) is 9.14. The van der Waals surface area contributed by atoms with Crippen LogP contribution in [0.1, 0.15) is 16.0 Å². The van der Waals surface area contributed by atoms with Gasteiger partial charge in [-0.1, -0.05) is 53.3 Å². The first-order chi connectivity index (χ1) is 12.5. The maximum absolute atomic E-state index is 14.1. The Hall–Kier alpha value is -1.99. The number of thiophene rings is 1. The van der Waals surface area contributed by atoms with E-state index >= 15 is 0 Å². The van der Waals surface area contributed by atoms with Gasteiger partial charge in [-0.05, 0) is 29.8 Å². The Morgan fingerprint density at radius 2 is 1.70 bits per heavy atom. The molecule has 142 valence electrons. The standard InChI is InChI=1S/C19H16ClFN2O2S.ClH/c20-16-7-5-14(6-8-16)11-22(12-15-3-1-2-4-18(15)21)13-17-9-10-19(26-17)23(24)25;/h1-10H,11-13H2;1H. The van der Waals surface area contributed by atoms with Gasteiger partial charge in [0, 0.05) is 41.2 Å². The molecule has 0 aliphatic rings. The van der Waals surface area contributed by atoms with Crippen LogP contribution in [-0.2, 0) is 19.6 Å². The summed E-state index contributed by atoms with van der Waals surface area (Å²) in [4.78, 5) is 13.4. The zero-order chi connectivity index (χ0) is 18.5. The fourth-order valence-electron chi connectivity index (χ4n) is 2.65. The minimum Gasteiger partial charge on any atom is -0.290 e. The summed E-state index contributed by atoms with van der Waals surface area (Å²) >= 11 is 7.08. The molecule has 0 N–H and O–H groups in total. The van der Waals surface area contributed by atoms with Crippen molar-refractivity contribution in [2.45, 2.75) is 19.6 Å². The van der Waals surface area contributed by atoms with Gasteiger partial charge in [0.1, 0.15) is 5.82 Å². The molecular weight excluding hydrogens is 410 g/mol. The second-order valence-corrected chi connectivity index (χ2v) is 7.44. The highest BCUT2D eigenvalue weighted by molar-refractivity contribution is 7.15. The van der Waals surface area contributed by atoms with Crippen molar-refractivity contribution in [3.63, 3.8) is 0 Å². The van der Waals surface area contributed by atoms with Gasteiger partial charge in [0.25, 0.3) is 0 Å². The van der Waals surface area contributed by atoms with E-state index in [0.717, 1.165) is 21.8 Å². The monoisotopic (exact) mass is 426 g/mol. The Bertz CT molecular complexity index is 903. The van der Waals surface area contributed by atoms with Gasteiger partial charge in [-0.2, -0.15) is 0 Å². The Morgan fingerprint density at radius 1 is 1.00 bits per heavy atom. The van der Waals surface area contributed by atoms with E-state index in [0.29, 0.717) is 30.2 Å². The highest BCUT2D eigenvalue weighted by Crippen LogP contribution is 2.26. The molecule has 3 rings (SSSR count). The van der Waals surface area contributed by atoms with Crippen LogP contribution in [0.2, 0.25) is 5.02 Å². The predicted molar refractivity (Wildman–Crippen MR) is 109 cm³/mol. The van der Waals surface area contributed by atoms with Crippen molar-refractivity contribution in [3.8, 4) is 0 Å². The number of halogens is 3. The molecule has 0 aliphatic carbocycles. The largest absolute Gasteiger partial charge is 0.324 e. The van der Waals surface area contributed by atoms with Crippen LogP contribution >= 0.6 is 35.3 Å². The van der Waals surface area contributed by atoms with E-state index in [1.807, 2.05) is 24.3 Å². The van der Waals surface area contributed by atoms with Gasteiger partial charge < -0.3 is 0 Å². The van der Waals surface area contributed by atoms with Crippen molar-refractivity contribution in [1.82, 2.24) is 4.90 Å². The lowest BCUT2D eigenvalue weighted by atomic mass is 10.1. The van der Waals surface area contributed by atoms with Gasteiger partial charge in [0.2, 0.25) is 0 Å². The summed E-state index contributed by atoms with van der Waals surface area (Å²) in [5.74, 6) is -0.259. The van der Waals surface area contributed by atoms with E-state index in [-0.39, 0.29) is 23.2 Å². The van der Waals surface area contributed by atoms with Gasteiger partial charge in [0.15, 0.2) is 0 Å². The highest BCUT2D eigenvalue weighted by Gasteiger charge is 2.15. The summed E-state index contributed by atoms with van der Waals surface area (Å²) in [6, 6.07) is 17.4. The molecule has 4 nitrogen and oxygen atoms in total. The number of nitro groups is 1. The quantitative estimate of drug-likeness (QED) is 0.340. The molecule has 2 aromatic carbocycles. The molecule has 1 aromatic heterocycles. The van der Waals surface area contributed by atoms with Crippen molar-refractivity contribution < 1.29 is 9.31 Å². The molecule has 27 heavy (non-hydrogen) atoms. The number of hydrogen-bond acceptors (Lipinski definition) is 4. The Morgan fingerprint density at radius 3 is 2.33 bits per heavy atom. The Balaban J connectivity index is 0.00000261. The minimum atomic E-state index is -0.394. The molecule has 0 unspecified atom stereocenters. The van der Waals surface area contributed by atoms with Crippen molar-refractivity contribution in [2.75, 3.05) is 0 Å². The Labute approximate surface area is 171 Å². The van der Waals surface area contributed by atoms with Crippen LogP contribution in [0.4, 0.5) is 9.39 Å². The maximum atomic E-state index is 14.1. The lowest BCUT2D eigenvalue weighted by molar-refractivity contribution is -0.380. The topological polar surface area (TPSA) is 46.4 Å². The van der Waals surface area contributed by atoms with E-state index in [2.05, 4.69) is 4.90 Å². The van der Waals surface area contributed by atoms with E-state index < -0.39 is 4.92 Å². The average Bonchev–Trinajstić information content (AvgIpc) is 3.08. The van der Waals surface area contributed by atoms with Crippen molar-refractivity contribution in [3.05, 3.63) is 97.6 Å². The van der Waals surface area contributed by atoms with Crippen LogP contribution < -0.4 is 0 Å². The van der Waals surface area contributed by atoms with Crippen LogP contribution in [0, 0.1) is 15.9 Å². The summed E-state index contributed by atoms with van der Waals surface area (Å²) < 4.78 is 14.1. The zero-order valence-corrected chi connectivity index (χ0v) is 16.6. The predicted octanol–water partition coefficient (Wildman–Crippen LogP) is 6.07. The average molecular weight is 427 g/mol. The van der Waals surface area contributed by atoms with Gasteiger partial charge >= 0.3 is 5.00 Å². The fraction of sp³-hybridized carbons (Fsp3) is 0.158. The second-order valence-electron chi connectivity index (χ2n) is 5.86. The van der Waals surface area contributed by atoms with Gasteiger partial charge in [0.05, 0.1) is 4.92 Å². The molecule has 0 radical (unpaired) electrons.